The van der Waals surface area contributed by atoms with Gasteiger partial charge < -0.3 is 4.42 Å². The fourth-order valence-electron chi connectivity index (χ4n) is 1.42. The molecule has 0 unspecified atom stereocenters. The summed E-state index contributed by atoms with van der Waals surface area (Å²) < 4.78 is 5.07. The van der Waals surface area contributed by atoms with Crippen molar-refractivity contribution in [3.05, 3.63) is 50.4 Å². The molecule has 2 rings (SSSR count). The van der Waals surface area contributed by atoms with E-state index in [1.807, 2.05) is 0 Å². The summed E-state index contributed by atoms with van der Waals surface area (Å²) in [6, 6.07) is 4.95. The minimum atomic E-state index is -0.742. The first-order valence-corrected chi connectivity index (χ1v) is 4.27. The van der Waals surface area contributed by atoms with Crippen LogP contribution < -0.4 is 5.43 Å². The quantitative estimate of drug-likeness (QED) is 0.527. The summed E-state index contributed by atoms with van der Waals surface area (Å²) in [5, 5.41) is 10.7. The highest BCUT2D eigenvalue weighted by molar-refractivity contribution is 5.80. The van der Waals surface area contributed by atoms with Crippen molar-refractivity contribution in [1.82, 2.24) is 0 Å². The van der Waals surface area contributed by atoms with Crippen LogP contribution in [0.15, 0.2) is 33.7 Å². The van der Waals surface area contributed by atoms with Crippen LogP contribution in [0.5, 0.6) is 0 Å². The van der Waals surface area contributed by atoms with Gasteiger partial charge in [0.05, 0.1) is 10.3 Å². The van der Waals surface area contributed by atoms with Crippen molar-refractivity contribution in [2.24, 2.45) is 0 Å². The Kier molecular flexibility index (Phi) is 2.00. The molecule has 1 heterocycles. The van der Waals surface area contributed by atoms with Crippen molar-refractivity contribution in [2.45, 2.75) is 6.92 Å². The SMILES string of the molecule is Cc1cccc2c(=O)c([N+](=O)[O-])coc12. The van der Waals surface area contributed by atoms with E-state index in [2.05, 4.69) is 0 Å². The lowest BCUT2D eigenvalue weighted by molar-refractivity contribution is -0.386. The summed E-state index contributed by atoms with van der Waals surface area (Å²) in [7, 11) is 0. The van der Waals surface area contributed by atoms with Gasteiger partial charge >= 0.3 is 5.69 Å². The van der Waals surface area contributed by atoms with Crippen LogP contribution in [0.3, 0.4) is 0 Å². The van der Waals surface area contributed by atoms with Crippen molar-refractivity contribution >= 4 is 16.7 Å². The van der Waals surface area contributed by atoms with Crippen LogP contribution in [-0.2, 0) is 0 Å². The van der Waals surface area contributed by atoms with Gasteiger partial charge in [-0.15, -0.1) is 0 Å². The minimum absolute atomic E-state index is 0.240. The zero-order valence-electron chi connectivity index (χ0n) is 7.89. The Hall–Kier alpha value is -2.17. The summed E-state index contributed by atoms with van der Waals surface area (Å²) in [5.74, 6) is 0. The smallest absolute Gasteiger partial charge is 0.351 e. The molecule has 0 spiro atoms. The lowest BCUT2D eigenvalue weighted by atomic mass is 10.1. The molecule has 0 fully saturated rings. The summed E-state index contributed by atoms with van der Waals surface area (Å²) in [5.41, 5.74) is 0.0330. The Labute approximate surface area is 84.1 Å². The zero-order valence-corrected chi connectivity index (χ0v) is 7.89. The monoisotopic (exact) mass is 205 g/mol. The van der Waals surface area contributed by atoms with E-state index in [0.717, 1.165) is 11.8 Å². The molecule has 0 N–H and O–H groups in total. The molecule has 76 valence electrons. The Morgan fingerprint density at radius 1 is 1.40 bits per heavy atom. The van der Waals surface area contributed by atoms with Gasteiger partial charge in [-0.1, -0.05) is 12.1 Å². The number of aryl methyl sites for hydroxylation is 1. The van der Waals surface area contributed by atoms with Gasteiger partial charge in [0, 0.05) is 0 Å². The van der Waals surface area contributed by atoms with Crippen molar-refractivity contribution in [3.8, 4) is 0 Å². The van der Waals surface area contributed by atoms with Gasteiger partial charge in [0.2, 0.25) is 0 Å². The number of benzene rings is 1. The van der Waals surface area contributed by atoms with E-state index >= 15 is 0 Å². The molecule has 1 aromatic carbocycles. The van der Waals surface area contributed by atoms with Gasteiger partial charge in [0.1, 0.15) is 5.58 Å². The third kappa shape index (κ3) is 1.38. The Bertz CT molecular complexity index is 600. The van der Waals surface area contributed by atoms with Crippen LogP contribution in [0.4, 0.5) is 5.69 Å². The highest BCUT2D eigenvalue weighted by Crippen LogP contribution is 2.17. The normalized spacial score (nSPS) is 10.5. The van der Waals surface area contributed by atoms with Crippen LogP contribution >= 0.6 is 0 Å². The maximum Gasteiger partial charge on any atom is 0.351 e. The standard InChI is InChI=1S/C10H7NO4/c1-6-3-2-4-7-9(12)8(11(13)14)5-15-10(6)7/h2-5H,1H3. The summed E-state index contributed by atoms with van der Waals surface area (Å²) in [6.07, 6.45) is 0.887. The predicted molar refractivity (Wildman–Crippen MR) is 53.9 cm³/mol. The number of para-hydroxylation sites is 1. The summed E-state index contributed by atoms with van der Waals surface area (Å²) in [4.78, 5) is 21.4. The van der Waals surface area contributed by atoms with E-state index in [0.29, 0.717) is 5.58 Å². The molecule has 2 aromatic rings. The van der Waals surface area contributed by atoms with Crippen LogP contribution in [0.2, 0.25) is 0 Å². The average molecular weight is 205 g/mol. The van der Waals surface area contributed by atoms with Crippen LogP contribution in [0, 0.1) is 17.0 Å². The van der Waals surface area contributed by atoms with Crippen LogP contribution in [0.25, 0.3) is 11.0 Å². The molecule has 0 amide bonds. The third-order valence-electron chi connectivity index (χ3n) is 2.17. The number of rotatable bonds is 1. The second-order valence-corrected chi connectivity index (χ2v) is 3.16. The van der Waals surface area contributed by atoms with Crippen molar-refractivity contribution in [1.29, 1.82) is 0 Å². The number of nitrogens with zero attached hydrogens (tertiary/aromatic N) is 1. The molecule has 0 saturated carbocycles. The Morgan fingerprint density at radius 2 is 2.13 bits per heavy atom. The maximum absolute atomic E-state index is 11.6. The Morgan fingerprint density at radius 3 is 2.80 bits per heavy atom. The number of nitro groups is 1. The van der Waals surface area contributed by atoms with Gasteiger partial charge in [0.15, 0.2) is 6.26 Å². The maximum atomic E-state index is 11.6. The van der Waals surface area contributed by atoms with E-state index in [1.165, 1.54) is 6.07 Å². The van der Waals surface area contributed by atoms with Crippen molar-refractivity contribution < 1.29 is 9.34 Å². The van der Waals surface area contributed by atoms with E-state index in [1.54, 1.807) is 19.1 Å². The van der Waals surface area contributed by atoms with E-state index in [-0.39, 0.29) is 5.39 Å². The van der Waals surface area contributed by atoms with Crippen LogP contribution in [0.1, 0.15) is 5.56 Å². The minimum Gasteiger partial charge on any atom is -0.457 e. The second-order valence-electron chi connectivity index (χ2n) is 3.16. The molecule has 0 atom stereocenters. The van der Waals surface area contributed by atoms with E-state index in [9.17, 15) is 14.9 Å². The van der Waals surface area contributed by atoms with Crippen molar-refractivity contribution in [2.75, 3.05) is 0 Å². The predicted octanol–water partition coefficient (Wildman–Crippen LogP) is 2.01. The molecule has 0 saturated heterocycles. The first kappa shape index (κ1) is 9.39. The first-order chi connectivity index (χ1) is 7.11. The number of hydrogen-bond donors (Lipinski definition) is 0. The van der Waals surface area contributed by atoms with Gasteiger partial charge in [-0.05, 0) is 18.6 Å². The average Bonchev–Trinajstić information content (AvgIpc) is 2.19. The molecule has 0 aliphatic rings. The van der Waals surface area contributed by atoms with Gasteiger partial charge in [0.25, 0.3) is 5.43 Å². The van der Waals surface area contributed by atoms with Gasteiger partial charge in [-0.3, -0.25) is 14.9 Å². The molecule has 0 aliphatic heterocycles. The number of hydrogen-bond acceptors (Lipinski definition) is 4. The lowest BCUT2D eigenvalue weighted by Gasteiger charge is -1.98. The third-order valence-corrected chi connectivity index (χ3v) is 2.17. The molecule has 0 bridgehead atoms. The van der Waals surface area contributed by atoms with Gasteiger partial charge in [-0.25, -0.2) is 0 Å². The summed E-state index contributed by atoms with van der Waals surface area (Å²) in [6.45, 7) is 1.77. The molecular formula is C10H7NO4. The zero-order chi connectivity index (χ0) is 11.0. The van der Waals surface area contributed by atoms with Crippen molar-refractivity contribution in [3.63, 3.8) is 0 Å². The Balaban J connectivity index is 2.92. The van der Waals surface area contributed by atoms with Crippen LogP contribution in [-0.4, -0.2) is 4.92 Å². The molecule has 1 aromatic heterocycles. The second kappa shape index (κ2) is 3.20. The first-order valence-electron chi connectivity index (χ1n) is 4.27. The molecule has 15 heavy (non-hydrogen) atoms. The fourth-order valence-corrected chi connectivity index (χ4v) is 1.42. The molecule has 0 aliphatic carbocycles. The fraction of sp³-hybridized carbons (Fsp3) is 0.100. The molecule has 0 radical (unpaired) electrons. The molecule has 5 heteroatoms. The summed E-state index contributed by atoms with van der Waals surface area (Å²) >= 11 is 0. The molecular weight excluding hydrogens is 198 g/mol. The largest absolute Gasteiger partial charge is 0.457 e. The highest BCUT2D eigenvalue weighted by atomic mass is 16.6. The van der Waals surface area contributed by atoms with E-state index < -0.39 is 16.0 Å². The molecule has 5 nitrogen and oxygen atoms in total. The lowest BCUT2D eigenvalue weighted by Crippen LogP contribution is -2.07. The van der Waals surface area contributed by atoms with E-state index in [4.69, 9.17) is 4.42 Å². The number of fused-ring (bicyclic) bond motifs is 1. The highest BCUT2D eigenvalue weighted by Gasteiger charge is 2.16. The topological polar surface area (TPSA) is 73.3 Å². The van der Waals surface area contributed by atoms with Gasteiger partial charge in [-0.2, -0.15) is 0 Å².